The van der Waals surface area contributed by atoms with Gasteiger partial charge in [0.2, 0.25) is 5.91 Å². The van der Waals surface area contributed by atoms with Crippen molar-refractivity contribution in [1.29, 1.82) is 0 Å². The van der Waals surface area contributed by atoms with Gasteiger partial charge in [-0.25, -0.2) is 0 Å². The highest BCUT2D eigenvalue weighted by Crippen LogP contribution is 2.35. The second-order valence-corrected chi connectivity index (χ2v) is 11.2. The van der Waals surface area contributed by atoms with Crippen LogP contribution >= 0.6 is 23.1 Å². The van der Waals surface area contributed by atoms with Crippen LogP contribution in [0.2, 0.25) is 0 Å². The van der Waals surface area contributed by atoms with E-state index in [9.17, 15) is 19.5 Å². The standard InChI is InChI=1S/C24H37N3O5S2/c1-2-32-24(31)18(7-4-3-6-17-9-11-25-12-10-17)26-19-16-34-21(20-8-5-13-33-20)14-27(23(19)30)15-22(28)29/h5,8,13,17-19,21,25-26H,2-4,6-7,9-12,14-16H2,1H3,(H,28,29)/t18-,19?,21?/m0/s1. The van der Waals surface area contributed by atoms with Gasteiger partial charge in [0.25, 0.3) is 0 Å². The van der Waals surface area contributed by atoms with Gasteiger partial charge in [-0.05, 0) is 56.6 Å². The van der Waals surface area contributed by atoms with Crippen LogP contribution in [0.3, 0.4) is 0 Å². The lowest BCUT2D eigenvalue weighted by molar-refractivity contribution is -0.148. The summed E-state index contributed by atoms with van der Waals surface area (Å²) in [6.45, 7) is 4.22. The Balaban J connectivity index is 1.62. The van der Waals surface area contributed by atoms with Crippen molar-refractivity contribution in [2.45, 2.75) is 62.8 Å². The minimum atomic E-state index is -1.04. The van der Waals surface area contributed by atoms with Crippen molar-refractivity contribution in [3.05, 3.63) is 22.4 Å². The lowest BCUT2D eigenvalue weighted by Gasteiger charge is -2.27. The number of ether oxygens (including phenoxy) is 1. The zero-order valence-corrected chi connectivity index (χ0v) is 21.5. The molecule has 3 heterocycles. The van der Waals surface area contributed by atoms with E-state index < -0.39 is 18.1 Å². The Labute approximate surface area is 210 Å². The van der Waals surface area contributed by atoms with Crippen molar-refractivity contribution in [3.8, 4) is 0 Å². The summed E-state index contributed by atoms with van der Waals surface area (Å²) < 4.78 is 5.30. The molecule has 1 aromatic rings. The Bertz CT molecular complexity index is 786. The number of nitrogens with one attached hydrogen (secondary N) is 2. The van der Waals surface area contributed by atoms with Crippen LogP contribution in [0.5, 0.6) is 0 Å². The number of amides is 1. The summed E-state index contributed by atoms with van der Waals surface area (Å²) in [6.07, 6.45) is 6.10. The van der Waals surface area contributed by atoms with Gasteiger partial charge in [-0.1, -0.05) is 25.3 Å². The number of carbonyl (C=O) groups excluding carboxylic acids is 2. The number of thioether (sulfide) groups is 1. The molecular formula is C24H37N3O5S2. The summed E-state index contributed by atoms with van der Waals surface area (Å²) >= 11 is 3.24. The lowest BCUT2D eigenvalue weighted by atomic mass is 9.92. The topological polar surface area (TPSA) is 108 Å². The van der Waals surface area contributed by atoms with Crippen LogP contribution in [0, 0.1) is 5.92 Å². The third-order valence-corrected chi connectivity index (χ3v) is 8.90. The Morgan fingerprint density at radius 3 is 2.79 bits per heavy atom. The summed E-state index contributed by atoms with van der Waals surface area (Å²) in [4.78, 5) is 40.0. The van der Waals surface area contributed by atoms with Gasteiger partial charge in [0.05, 0.1) is 17.9 Å². The van der Waals surface area contributed by atoms with Crippen LogP contribution < -0.4 is 10.6 Å². The summed E-state index contributed by atoms with van der Waals surface area (Å²) in [7, 11) is 0. The number of carbonyl (C=O) groups is 3. The number of carboxylic acids is 1. The van der Waals surface area contributed by atoms with Gasteiger partial charge in [0.1, 0.15) is 12.6 Å². The third-order valence-electron chi connectivity index (χ3n) is 6.43. The SMILES string of the molecule is CCOC(=O)[C@H](CCCCC1CCNCC1)NC1CSC(c2cccs2)CN(CC(=O)O)C1=O. The third kappa shape index (κ3) is 8.25. The maximum absolute atomic E-state index is 13.3. The van der Waals surface area contributed by atoms with Crippen molar-refractivity contribution in [2.24, 2.45) is 5.92 Å². The van der Waals surface area contributed by atoms with E-state index in [2.05, 4.69) is 10.6 Å². The smallest absolute Gasteiger partial charge is 0.323 e. The van der Waals surface area contributed by atoms with Crippen LogP contribution in [0.25, 0.3) is 0 Å². The number of aliphatic carboxylic acids is 1. The fraction of sp³-hybridized carbons (Fsp3) is 0.708. The number of nitrogens with zero attached hydrogens (tertiary/aromatic N) is 1. The Kier molecular flexibility index (Phi) is 11.2. The minimum absolute atomic E-state index is 0.0149. The largest absolute Gasteiger partial charge is 0.480 e. The molecule has 8 nitrogen and oxygen atoms in total. The fourth-order valence-electron chi connectivity index (χ4n) is 4.63. The fourth-order valence-corrected chi connectivity index (χ4v) is 6.89. The van der Waals surface area contributed by atoms with Crippen LogP contribution in [0.1, 0.15) is 55.6 Å². The summed E-state index contributed by atoms with van der Waals surface area (Å²) in [5.41, 5.74) is 0. The molecule has 2 fully saturated rings. The first-order valence-electron chi connectivity index (χ1n) is 12.3. The van der Waals surface area contributed by atoms with Crippen molar-refractivity contribution in [2.75, 3.05) is 38.5 Å². The molecule has 2 aliphatic rings. The molecule has 0 radical (unpaired) electrons. The van der Waals surface area contributed by atoms with E-state index in [4.69, 9.17) is 4.74 Å². The predicted octanol–water partition coefficient (Wildman–Crippen LogP) is 2.90. The molecule has 2 unspecified atom stereocenters. The van der Waals surface area contributed by atoms with E-state index in [1.807, 2.05) is 17.5 Å². The molecule has 2 aliphatic heterocycles. The molecule has 10 heteroatoms. The van der Waals surface area contributed by atoms with Crippen LogP contribution in [-0.2, 0) is 19.1 Å². The molecule has 190 valence electrons. The molecule has 1 amide bonds. The first kappa shape index (κ1) is 27.0. The van der Waals surface area contributed by atoms with Gasteiger partial charge >= 0.3 is 11.9 Å². The molecular weight excluding hydrogens is 474 g/mol. The van der Waals surface area contributed by atoms with Gasteiger partial charge in [-0.2, -0.15) is 0 Å². The van der Waals surface area contributed by atoms with Crippen LogP contribution in [0.15, 0.2) is 17.5 Å². The number of thiophene rings is 1. The Morgan fingerprint density at radius 2 is 2.12 bits per heavy atom. The number of rotatable bonds is 12. The first-order valence-corrected chi connectivity index (χ1v) is 14.2. The van der Waals surface area contributed by atoms with E-state index in [1.54, 1.807) is 30.0 Å². The van der Waals surface area contributed by atoms with Crippen molar-refractivity contribution in [1.82, 2.24) is 15.5 Å². The maximum atomic E-state index is 13.3. The van der Waals surface area contributed by atoms with Crippen molar-refractivity contribution in [3.63, 3.8) is 0 Å². The quantitative estimate of drug-likeness (QED) is 0.290. The second-order valence-electron chi connectivity index (χ2n) is 8.95. The molecule has 3 N–H and O–H groups in total. The van der Waals surface area contributed by atoms with Gasteiger partial charge in [-0.3, -0.25) is 19.7 Å². The van der Waals surface area contributed by atoms with Crippen LogP contribution in [-0.4, -0.2) is 78.5 Å². The van der Waals surface area contributed by atoms with Crippen molar-refractivity contribution < 1.29 is 24.2 Å². The first-order chi connectivity index (χ1) is 16.5. The highest BCUT2D eigenvalue weighted by molar-refractivity contribution is 7.99. The summed E-state index contributed by atoms with van der Waals surface area (Å²) in [5.74, 6) is -0.427. The van der Waals surface area contributed by atoms with E-state index in [-0.39, 0.29) is 30.3 Å². The minimum Gasteiger partial charge on any atom is -0.480 e. The van der Waals surface area contributed by atoms with E-state index in [0.717, 1.165) is 43.1 Å². The molecule has 34 heavy (non-hydrogen) atoms. The number of unbranched alkanes of at least 4 members (excludes halogenated alkanes) is 1. The molecule has 1 aromatic heterocycles. The second kappa shape index (κ2) is 14.1. The molecule has 2 saturated heterocycles. The summed E-state index contributed by atoms with van der Waals surface area (Å²) in [5, 5.41) is 18.0. The van der Waals surface area contributed by atoms with Crippen molar-refractivity contribution >= 4 is 40.9 Å². The number of piperidine rings is 1. The number of carboxylic acid groups (broad SMARTS) is 1. The van der Waals surface area contributed by atoms with Gasteiger partial charge < -0.3 is 20.1 Å². The molecule has 3 rings (SSSR count). The number of esters is 1. The van der Waals surface area contributed by atoms with Gasteiger partial charge in [-0.15, -0.1) is 23.1 Å². The Hall–Kier alpha value is -1.62. The molecule has 3 atom stereocenters. The maximum Gasteiger partial charge on any atom is 0.323 e. The number of hydrogen-bond donors (Lipinski definition) is 3. The van der Waals surface area contributed by atoms with Gasteiger partial charge in [0.15, 0.2) is 0 Å². The van der Waals surface area contributed by atoms with E-state index in [0.29, 0.717) is 18.7 Å². The van der Waals surface area contributed by atoms with Gasteiger partial charge in [0, 0.05) is 17.2 Å². The van der Waals surface area contributed by atoms with Crippen LogP contribution in [0.4, 0.5) is 0 Å². The molecule has 0 spiro atoms. The molecule has 0 saturated carbocycles. The average molecular weight is 512 g/mol. The highest BCUT2D eigenvalue weighted by Gasteiger charge is 2.36. The molecule has 0 aliphatic carbocycles. The monoisotopic (exact) mass is 511 g/mol. The average Bonchev–Trinajstić information content (AvgIpc) is 3.31. The normalized spacial score (nSPS) is 22.9. The van der Waals surface area contributed by atoms with E-state index >= 15 is 0 Å². The summed E-state index contributed by atoms with van der Waals surface area (Å²) in [6, 6.07) is 2.77. The molecule has 0 bridgehead atoms. The zero-order valence-electron chi connectivity index (χ0n) is 19.9. The van der Waals surface area contributed by atoms with E-state index in [1.165, 1.54) is 17.7 Å². The number of hydrogen-bond acceptors (Lipinski definition) is 8. The molecule has 0 aromatic carbocycles. The zero-order chi connectivity index (χ0) is 24.3. The highest BCUT2D eigenvalue weighted by atomic mass is 32.2. The lowest BCUT2D eigenvalue weighted by Crippen LogP contribution is -2.53. The predicted molar refractivity (Wildman–Crippen MR) is 135 cm³/mol. The Morgan fingerprint density at radius 1 is 1.32 bits per heavy atom.